The van der Waals surface area contributed by atoms with Gasteiger partial charge in [0.1, 0.15) is 11.6 Å². The molecule has 32 heavy (non-hydrogen) atoms. The number of halogens is 1. The SMILES string of the molecule is CCC(CC(=N)C(C)(C)C)C1(c2cc(NC(=O)c3cc(C)on3)ccc2F)COCC1C. The Morgan fingerprint density at radius 3 is 2.62 bits per heavy atom. The van der Waals surface area contributed by atoms with Crippen LogP contribution in [0.2, 0.25) is 0 Å². The summed E-state index contributed by atoms with van der Waals surface area (Å²) in [7, 11) is 0. The zero-order valence-electron chi connectivity index (χ0n) is 19.8. The minimum absolute atomic E-state index is 0.0327. The number of ether oxygens (including phenoxy) is 1. The van der Waals surface area contributed by atoms with Gasteiger partial charge in [-0.3, -0.25) is 4.79 Å². The molecule has 2 N–H and O–H groups in total. The van der Waals surface area contributed by atoms with Gasteiger partial charge in [-0.25, -0.2) is 4.39 Å². The lowest BCUT2D eigenvalue weighted by atomic mass is 9.61. The van der Waals surface area contributed by atoms with Gasteiger partial charge in [-0.1, -0.05) is 46.2 Å². The molecule has 7 heteroatoms. The molecule has 2 aromatic rings. The lowest BCUT2D eigenvalue weighted by Crippen LogP contribution is -2.43. The highest BCUT2D eigenvalue weighted by molar-refractivity contribution is 6.02. The second-order valence-corrected chi connectivity index (χ2v) is 9.97. The first-order valence-electron chi connectivity index (χ1n) is 11.2. The van der Waals surface area contributed by atoms with E-state index in [-0.39, 0.29) is 28.8 Å². The fourth-order valence-corrected chi connectivity index (χ4v) is 4.65. The van der Waals surface area contributed by atoms with Crippen LogP contribution in [-0.4, -0.2) is 30.0 Å². The largest absolute Gasteiger partial charge is 0.380 e. The first-order valence-corrected chi connectivity index (χ1v) is 11.2. The van der Waals surface area contributed by atoms with E-state index in [1.807, 2.05) is 20.8 Å². The smallest absolute Gasteiger partial charge is 0.277 e. The van der Waals surface area contributed by atoms with E-state index in [1.165, 1.54) is 6.07 Å². The summed E-state index contributed by atoms with van der Waals surface area (Å²) in [5, 5.41) is 15.2. The molecule has 1 saturated heterocycles. The van der Waals surface area contributed by atoms with Crippen molar-refractivity contribution in [1.29, 1.82) is 5.41 Å². The number of rotatable bonds is 7. The minimum atomic E-state index is -0.582. The average molecular weight is 444 g/mol. The molecule has 0 bridgehead atoms. The fourth-order valence-electron chi connectivity index (χ4n) is 4.65. The Morgan fingerprint density at radius 2 is 2.09 bits per heavy atom. The predicted molar refractivity (Wildman–Crippen MR) is 123 cm³/mol. The summed E-state index contributed by atoms with van der Waals surface area (Å²) >= 11 is 0. The quantitative estimate of drug-likeness (QED) is 0.533. The maximum absolute atomic E-state index is 15.3. The van der Waals surface area contributed by atoms with Crippen LogP contribution in [0.15, 0.2) is 28.8 Å². The molecule has 2 heterocycles. The fraction of sp³-hybridized carbons (Fsp3) is 0.560. The number of hydrogen-bond acceptors (Lipinski definition) is 5. The van der Waals surface area contributed by atoms with Gasteiger partial charge in [0.25, 0.3) is 5.91 Å². The van der Waals surface area contributed by atoms with Crippen LogP contribution in [0.5, 0.6) is 0 Å². The summed E-state index contributed by atoms with van der Waals surface area (Å²) in [6, 6.07) is 6.22. The van der Waals surface area contributed by atoms with Crippen molar-refractivity contribution < 1.29 is 18.4 Å². The number of nitrogens with zero attached hydrogens (tertiary/aromatic N) is 1. The Kier molecular flexibility index (Phi) is 6.89. The van der Waals surface area contributed by atoms with Crippen LogP contribution in [0.4, 0.5) is 10.1 Å². The monoisotopic (exact) mass is 443 g/mol. The first-order chi connectivity index (χ1) is 15.0. The van der Waals surface area contributed by atoms with Crippen molar-refractivity contribution in [1.82, 2.24) is 5.16 Å². The normalized spacial score (nSPS) is 22.0. The van der Waals surface area contributed by atoms with E-state index >= 15 is 4.39 Å². The highest BCUT2D eigenvalue weighted by Crippen LogP contribution is 2.49. The highest BCUT2D eigenvalue weighted by atomic mass is 19.1. The van der Waals surface area contributed by atoms with Gasteiger partial charge in [0.15, 0.2) is 5.69 Å². The Bertz CT molecular complexity index is 995. The van der Waals surface area contributed by atoms with Crippen molar-refractivity contribution in [2.75, 3.05) is 18.5 Å². The van der Waals surface area contributed by atoms with Crippen molar-refractivity contribution in [3.05, 3.63) is 47.1 Å². The van der Waals surface area contributed by atoms with Crippen LogP contribution >= 0.6 is 0 Å². The van der Waals surface area contributed by atoms with Crippen molar-refractivity contribution in [3.8, 4) is 0 Å². The molecule has 0 spiro atoms. The van der Waals surface area contributed by atoms with Gasteiger partial charge in [0, 0.05) is 22.9 Å². The lowest BCUT2D eigenvalue weighted by Gasteiger charge is -2.41. The molecule has 1 amide bonds. The number of aromatic nitrogens is 1. The number of aryl methyl sites for hydroxylation is 1. The van der Waals surface area contributed by atoms with Crippen LogP contribution in [0.25, 0.3) is 0 Å². The third-order valence-electron chi connectivity index (χ3n) is 6.75. The number of nitrogens with one attached hydrogen (secondary N) is 2. The van der Waals surface area contributed by atoms with Crippen LogP contribution in [0.3, 0.4) is 0 Å². The second kappa shape index (κ2) is 9.14. The standard InChI is InChI=1S/C25H34FN3O3/c1-7-17(11-22(27)24(4,5)6)25(14-31-13-15(25)2)19-12-18(8-9-20(19)26)28-23(30)21-10-16(3)32-29-21/h8-10,12,15,17,27H,7,11,13-14H2,1-6H3,(H,28,30). The van der Waals surface area contributed by atoms with Crippen LogP contribution in [-0.2, 0) is 10.2 Å². The number of anilines is 1. The minimum Gasteiger partial charge on any atom is -0.380 e. The molecule has 0 aliphatic carbocycles. The topological polar surface area (TPSA) is 88.2 Å². The van der Waals surface area contributed by atoms with Crippen LogP contribution in [0, 0.1) is 35.4 Å². The molecule has 1 aromatic heterocycles. The van der Waals surface area contributed by atoms with E-state index in [9.17, 15) is 4.79 Å². The van der Waals surface area contributed by atoms with Gasteiger partial charge in [0.2, 0.25) is 0 Å². The molecule has 3 unspecified atom stereocenters. The first kappa shape index (κ1) is 24.1. The van der Waals surface area contributed by atoms with Gasteiger partial charge >= 0.3 is 0 Å². The van der Waals surface area contributed by atoms with E-state index in [1.54, 1.807) is 25.1 Å². The summed E-state index contributed by atoms with van der Waals surface area (Å²) < 4.78 is 26.2. The summed E-state index contributed by atoms with van der Waals surface area (Å²) in [5.41, 5.74) is 1.01. The molecule has 1 aliphatic rings. The summed E-state index contributed by atoms with van der Waals surface area (Å²) in [5.74, 6) is -0.0914. The van der Waals surface area contributed by atoms with Gasteiger partial charge in [-0.05, 0) is 54.4 Å². The zero-order valence-corrected chi connectivity index (χ0v) is 19.8. The molecule has 1 fully saturated rings. The molecule has 1 aromatic carbocycles. The molecule has 3 rings (SSSR count). The maximum atomic E-state index is 15.3. The number of benzene rings is 1. The highest BCUT2D eigenvalue weighted by Gasteiger charge is 2.50. The summed E-state index contributed by atoms with van der Waals surface area (Å²) in [6.45, 7) is 12.9. The molecule has 0 radical (unpaired) electrons. The van der Waals surface area contributed by atoms with Crippen molar-refractivity contribution in [3.63, 3.8) is 0 Å². The lowest BCUT2D eigenvalue weighted by molar-refractivity contribution is 0.101. The summed E-state index contributed by atoms with van der Waals surface area (Å²) in [4.78, 5) is 12.6. The van der Waals surface area contributed by atoms with E-state index < -0.39 is 11.3 Å². The third kappa shape index (κ3) is 4.63. The van der Waals surface area contributed by atoms with E-state index in [4.69, 9.17) is 14.7 Å². The summed E-state index contributed by atoms with van der Waals surface area (Å²) in [6.07, 6.45) is 1.36. The maximum Gasteiger partial charge on any atom is 0.277 e. The molecular weight excluding hydrogens is 409 g/mol. The van der Waals surface area contributed by atoms with E-state index in [2.05, 4.69) is 24.3 Å². The molecule has 174 valence electrons. The Morgan fingerprint density at radius 1 is 1.38 bits per heavy atom. The Labute approximate surface area is 189 Å². The van der Waals surface area contributed by atoms with Crippen LogP contribution < -0.4 is 5.32 Å². The van der Waals surface area contributed by atoms with Gasteiger partial charge in [-0.2, -0.15) is 0 Å². The third-order valence-corrected chi connectivity index (χ3v) is 6.75. The van der Waals surface area contributed by atoms with Crippen molar-refractivity contribution >= 4 is 17.3 Å². The molecule has 1 aliphatic heterocycles. The number of carbonyl (C=O) groups is 1. The van der Waals surface area contributed by atoms with Crippen LogP contribution in [0.1, 0.15) is 69.3 Å². The van der Waals surface area contributed by atoms with Gasteiger partial charge in [-0.15, -0.1) is 0 Å². The van der Waals surface area contributed by atoms with Gasteiger partial charge in [0.05, 0.1) is 13.2 Å². The van der Waals surface area contributed by atoms with Gasteiger partial charge < -0.3 is 20.0 Å². The molecular formula is C25H34FN3O3. The molecule has 3 atom stereocenters. The zero-order chi connectivity index (χ0) is 23.7. The Hall–Kier alpha value is -2.54. The van der Waals surface area contributed by atoms with E-state index in [0.717, 1.165) is 6.42 Å². The average Bonchev–Trinajstić information content (AvgIpc) is 3.33. The molecule has 6 nitrogen and oxygen atoms in total. The van der Waals surface area contributed by atoms with E-state index in [0.29, 0.717) is 42.4 Å². The number of amides is 1. The Balaban J connectivity index is 1.99. The number of hydrogen-bond donors (Lipinski definition) is 2. The van der Waals surface area contributed by atoms with Crippen molar-refractivity contribution in [2.24, 2.45) is 17.3 Å². The predicted octanol–water partition coefficient (Wildman–Crippen LogP) is 5.76. The number of carbonyl (C=O) groups excluding carboxylic acids is 1. The van der Waals surface area contributed by atoms with Crippen molar-refractivity contribution in [2.45, 2.75) is 59.8 Å². The molecule has 0 saturated carbocycles. The second-order valence-electron chi connectivity index (χ2n) is 9.97.